The molecule has 1 aromatic rings. The molecular weight excluding hydrogens is 205 g/mol. The Hall–Kier alpha value is -0.930. The Morgan fingerprint density at radius 1 is 1.31 bits per heavy atom. The van der Waals surface area contributed by atoms with E-state index in [1.807, 2.05) is 6.07 Å². The van der Waals surface area contributed by atoms with Gasteiger partial charge in [-0.15, -0.1) is 0 Å². The molecule has 2 aliphatic rings. The van der Waals surface area contributed by atoms with Gasteiger partial charge in [-0.1, -0.05) is 12.1 Å². The molecule has 2 aliphatic heterocycles. The molecule has 0 radical (unpaired) electrons. The van der Waals surface area contributed by atoms with Crippen molar-refractivity contribution < 1.29 is 9.13 Å². The lowest BCUT2D eigenvalue weighted by atomic mass is 9.84. The summed E-state index contributed by atoms with van der Waals surface area (Å²) in [5.74, 6) is -0.117. The second-order valence-electron chi connectivity index (χ2n) is 4.85. The highest BCUT2D eigenvalue weighted by atomic mass is 19.1. The fourth-order valence-electron chi connectivity index (χ4n) is 2.81. The van der Waals surface area contributed by atoms with Crippen LogP contribution in [0.15, 0.2) is 18.2 Å². The summed E-state index contributed by atoms with van der Waals surface area (Å²) in [6, 6.07) is 5.34. The van der Waals surface area contributed by atoms with E-state index in [1.165, 1.54) is 6.07 Å². The molecule has 3 heteroatoms. The first-order valence-electron chi connectivity index (χ1n) is 5.82. The quantitative estimate of drug-likeness (QED) is 0.666. The minimum absolute atomic E-state index is 0.117. The SMILES string of the molecule is CN1CCC2(CC1)OCc1c(F)cccc12. The number of hydrogen-bond donors (Lipinski definition) is 0. The maximum absolute atomic E-state index is 13.6. The molecule has 2 heterocycles. The molecule has 0 amide bonds. The van der Waals surface area contributed by atoms with Crippen molar-refractivity contribution in [3.05, 3.63) is 35.1 Å². The molecule has 0 aliphatic carbocycles. The third kappa shape index (κ3) is 1.39. The molecule has 1 saturated heterocycles. The highest BCUT2D eigenvalue weighted by Gasteiger charge is 2.42. The normalized spacial score (nSPS) is 23.6. The number of fused-ring (bicyclic) bond motifs is 2. The summed E-state index contributed by atoms with van der Waals surface area (Å²) in [4.78, 5) is 2.30. The van der Waals surface area contributed by atoms with Crippen molar-refractivity contribution in [1.29, 1.82) is 0 Å². The number of halogens is 1. The Bertz CT molecular complexity index is 410. The number of benzene rings is 1. The molecule has 1 aromatic carbocycles. The van der Waals surface area contributed by atoms with Crippen LogP contribution < -0.4 is 0 Å². The largest absolute Gasteiger partial charge is 0.365 e. The Labute approximate surface area is 95.0 Å². The molecule has 16 heavy (non-hydrogen) atoms. The summed E-state index contributed by atoms with van der Waals surface area (Å²) >= 11 is 0. The topological polar surface area (TPSA) is 12.5 Å². The smallest absolute Gasteiger partial charge is 0.129 e. The predicted octanol–water partition coefficient (Wildman–Crippen LogP) is 2.28. The van der Waals surface area contributed by atoms with Crippen molar-refractivity contribution in [2.75, 3.05) is 20.1 Å². The summed E-state index contributed by atoms with van der Waals surface area (Å²) in [7, 11) is 2.12. The minimum Gasteiger partial charge on any atom is -0.365 e. The predicted molar refractivity (Wildman–Crippen MR) is 59.6 cm³/mol. The molecule has 0 saturated carbocycles. The van der Waals surface area contributed by atoms with Crippen LogP contribution in [-0.4, -0.2) is 25.0 Å². The third-order valence-corrected chi connectivity index (χ3v) is 3.90. The average molecular weight is 221 g/mol. The van der Waals surface area contributed by atoms with E-state index in [1.54, 1.807) is 6.07 Å². The van der Waals surface area contributed by atoms with Crippen LogP contribution >= 0.6 is 0 Å². The molecule has 1 spiro atoms. The van der Waals surface area contributed by atoms with Crippen LogP contribution in [0.5, 0.6) is 0 Å². The van der Waals surface area contributed by atoms with E-state index >= 15 is 0 Å². The van der Waals surface area contributed by atoms with Crippen molar-refractivity contribution in [3.8, 4) is 0 Å². The van der Waals surface area contributed by atoms with E-state index in [-0.39, 0.29) is 11.4 Å². The van der Waals surface area contributed by atoms with Gasteiger partial charge in [0.05, 0.1) is 12.2 Å². The molecule has 3 rings (SSSR count). The third-order valence-electron chi connectivity index (χ3n) is 3.90. The average Bonchev–Trinajstić information content (AvgIpc) is 2.64. The maximum Gasteiger partial charge on any atom is 0.129 e. The Balaban J connectivity index is 1.99. The van der Waals surface area contributed by atoms with Gasteiger partial charge in [0.15, 0.2) is 0 Å². The monoisotopic (exact) mass is 221 g/mol. The molecule has 1 fully saturated rings. The van der Waals surface area contributed by atoms with Crippen LogP contribution in [0.4, 0.5) is 4.39 Å². The van der Waals surface area contributed by atoms with Crippen molar-refractivity contribution in [2.24, 2.45) is 0 Å². The molecular formula is C13H16FNO. The maximum atomic E-state index is 13.6. The van der Waals surface area contributed by atoms with E-state index in [0.29, 0.717) is 6.61 Å². The summed E-state index contributed by atoms with van der Waals surface area (Å²) in [5, 5.41) is 0. The van der Waals surface area contributed by atoms with Gasteiger partial charge in [0, 0.05) is 18.7 Å². The minimum atomic E-state index is -0.204. The standard InChI is InChI=1S/C13H16FNO/c1-15-7-5-13(6-8-15)11-3-2-4-12(14)10(11)9-16-13/h2-4H,5-9H2,1H3. The van der Waals surface area contributed by atoms with Gasteiger partial charge >= 0.3 is 0 Å². The summed E-state index contributed by atoms with van der Waals surface area (Å²) < 4.78 is 19.5. The van der Waals surface area contributed by atoms with Gasteiger partial charge in [-0.25, -0.2) is 4.39 Å². The van der Waals surface area contributed by atoms with Gasteiger partial charge in [-0.2, -0.15) is 0 Å². The lowest BCUT2D eigenvalue weighted by molar-refractivity contribution is -0.0757. The van der Waals surface area contributed by atoms with Crippen molar-refractivity contribution in [2.45, 2.75) is 25.0 Å². The number of hydrogen-bond acceptors (Lipinski definition) is 2. The zero-order valence-electron chi connectivity index (χ0n) is 9.50. The molecule has 0 atom stereocenters. The second kappa shape index (κ2) is 3.54. The Morgan fingerprint density at radius 3 is 2.81 bits per heavy atom. The van der Waals surface area contributed by atoms with Crippen molar-refractivity contribution >= 4 is 0 Å². The van der Waals surface area contributed by atoms with Gasteiger partial charge < -0.3 is 9.64 Å². The van der Waals surface area contributed by atoms with E-state index in [4.69, 9.17) is 4.74 Å². The number of ether oxygens (including phenoxy) is 1. The van der Waals surface area contributed by atoms with Crippen LogP contribution in [0.1, 0.15) is 24.0 Å². The number of rotatable bonds is 0. The van der Waals surface area contributed by atoms with Gasteiger partial charge in [0.25, 0.3) is 0 Å². The lowest BCUT2D eigenvalue weighted by Gasteiger charge is -2.37. The van der Waals surface area contributed by atoms with E-state index in [2.05, 4.69) is 11.9 Å². The second-order valence-corrected chi connectivity index (χ2v) is 4.85. The first kappa shape index (κ1) is 10.2. The Morgan fingerprint density at radius 2 is 2.06 bits per heavy atom. The fraction of sp³-hybridized carbons (Fsp3) is 0.538. The Kier molecular flexibility index (Phi) is 2.26. The summed E-state index contributed by atoms with van der Waals surface area (Å²) in [5.41, 5.74) is 1.65. The van der Waals surface area contributed by atoms with Crippen LogP contribution in [0.25, 0.3) is 0 Å². The molecule has 0 aromatic heterocycles. The summed E-state index contributed by atoms with van der Waals surface area (Å²) in [6.45, 7) is 2.48. The highest BCUT2D eigenvalue weighted by molar-refractivity contribution is 5.37. The van der Waals surface area contributed by atoms with Gasteiger partial charge in [0.2, 0.25) is 0 Å². The zero-order chi connectivity index (χ0) is 11.2. The molecule has 2 nitrogen and oxygen atoms in total. The zero-order valence-corrected chi connectivity index (χ0v) is 9.50. The van der Waals surface area contributed by atoms with E-state index in [0.717, 1.165) is 37.1 Å². The van der Waals surface area contributed by atoms with Crippen LogP contribution in [0, 0.1) is 5.82 Å². The number of piperidine rings is 1. The number of nitrogens with zero attached hydrogens (tertiary/aromatic N) is 1. The highest BCUT2D eigenvalue weighted by Crippen LogP contribution is 2.44. The van der Waals surface area contributed by atoms with E-state index in [9.17, 15) is 4.39 Å². The number of likely N-dealkylation sites (tertiary alicyclic amines) is 1. The van der Waals surface area contributed by atoms with Crippen molar-refractivity contribution in [1.82, 2.24) is 4.90 Å². The first-order chi connectivity index (χ1) is 7.71. The lowest BCUT2D eigenvalue weighted by Crippen LogP contribution is -2.40. The van der Waals surface area contributed by atoms with Gasteiger partial charge in [0.1, 0.15) is 5.82 Å². The van der Waals surface area contributed by atoms with Gasteiger partial charge in [-0.05, 0) is 31.5 Å². The molecule has 86 valence electrons. The van der Waals surface area contributed by atoms with Crippen LogP contribution in [0.2, 0.25) is 0 Å². The molecule has 0 N–H and O–H groups in total. The molecule has 0 bridgehead atoms. The molecule has 0 unspecified atom stereocenters. The van der Waals surface area contributed by atoms with Crippen LogP contribution in [-0.2, 0) is 16.9 Å². The van der Waals surface area contributed by atoms with Crippen LogP contribution in [0.3, 0.4) is 0 Å². The van der Waals surface area contributed by atoms with Crippen molar-refractivity contribution in [3.63, 3.8) is 0 Å². The van der Waals surface area contributed by atoms with Gasteiger partial charge in [-0.3, -0.25) is 0 Å². The first-order valence-corrected chi connectivity index (χ1v) is 5.82. The fourth-order valence-corrected chi connectivity index (χ4v) is 2.81. The summed E-state index contributed by atoms with van der Waals surface area (Å²) in [6.07, 6.45) is 1.94. The van der Waals surface area contributed by atoms with E-state index < -0.39 is 0 Å².